The van der Waals surface area contributed by atoms with Gasteiger partial charge in [-0.1, -0.05) is 19.3 Å². The van der Waals surface area contributed by atoms with Crippen LogP contribution in [0.15, 0.2) is 0 Å². The number of nitrogens with one attached hydrogen (secondary N) is 1. The summed E-state index contributed by atoms with van der Waals surface area (Å²) in [5.41, 5.74) is 3.40. The first-order valence-corrected chi connectivity index (χ1v) is 9.24. The SMILES string of the molecule is Cc1n[nH]c(C)c1CN1CCCCCCCOC[C@@H](O)[C@@H](O)CC1. The lowest BCUT2D eigenvalue weighted by molar-refractivity contribution is -0.0443. The van der Waals surface area contributed by atoms with E-state index in [1.807, 2.05) is 6.92 Å². The van der Waals surface area contributed by atoms with E-state index in [0.29, 0.717) is 13.0 Å². The van der Waals surface area contributed by atoms with Crippen LogP contribution in [0.3, 0.4) is 0 Å². The highest BCUT2D eigenvalue weighted by atomic mass is 16.5. The molecule has 2 rings (SSSR count). The zero-order valence-corrected chi connectivity index (χ0v) is 15.1. The van der Waals surface area contributed by atoms with Crippen molar-refractivity contribution < 1.29 is 14.9 Å². The van der Waals surface area contributed by atoms with Gasteiger partial charge in [0.25, 0.3) is 0 Å². The number of aromatic nitrogens is 2. The minimum absolute atomic E-state index is 0.223. The first-order valence-electron chi connectivity index (χ1n) is 9.24. The van der Waals surface area contributed by atoms with Crippen molar-refractivity contribution >= 4 is 0 Å². The Hall–Kier alpha value is -0.950. The topological polar surface area (TPSA) is 81.6 Å². The van der Waals surface area contributed by atoms with Crippen LogP contribution in [0.5, 0.6) is 0 Å². The van der Waals surface area contributed by atoms with Crippen LogP contribution in [0.4, 0.5) is 0 Å². The van der Waals surface area contributed by atoms with Crippen molar-refractivity contribution in [1.29, 1.82) is 0 Å². The molecule has 1 aromatic rings. The number of aryl methyl sites for hydroxylation is 2. The quantitative estimate of drug-likeness (QED) is 0.767. The molecule has 1 aromatic heterocycles. The Morgan fingerprint density at radius 2 is 1.83 bits per heavy atom. The lowest BCUT2D eigenvalue weighted by Gasteiger charge is -2.26. The molecule has 1 saturated heterocycles. The normalized spacial score (nSPS) is 26.2. The molecule has 0 amide bonds. The molecule has 0 unspecified atom stereocenters. The second-order valence-corrected chi connectivity index (χ2v) is 6.95. The monoisotopic (exact) mass is 339 g/mol. The van der Waals surface area contributed by atoms with Crippen molar-refractivity contribution in [3.63, 3.8) is 0 Å². The van der Waals surface area contributed by atoms with Gasteiger partial charge in [-0.15, -0.1) is 0 Å². The average molecular weight is 339 g/mol. The Kier molecular flexibility index (Phi) is 8.18. The molecule has 1 aliphatic rings. The van der Waals surface area contributed by atoms with Gasteiger partial charge in [0.05, 0.1) is 18.4 Å². The van der Waals surface area contributed by atoms with Gasteiger partial charge in [0.2, 0.25) is 0 Å². The van der Waals surface area contributed by atoms with Crippen LogP contribution < -0.4 is 0 Å². The molecule has 6 heteroatoms. The number of rotatable bonds is 2. The Bertz CT molecular complexity index is 459. The molecular weight excluding hydrogens is 306 g/mol. The number of hydrogen-bond donors (Lipinski definition) is 3. The summed E-state index contributed by atoms with van der Waals surface area (Å²) in [6.07, 6.45) is 4.83. The molecule has 1 aliphatic heterocycles. The first-order chi connectivity index (χ1) is 11.6. The molecule has 1 fully saturated rings. The Morgan fingerprint density at radius 3 is 2.58 bits per heavy atom. The van der Waals surface area contributed by atoms with Gasteiger partial charge in [-0.25, -0.2) is 0 Å². The molecule has 0 spiro atoms. The fourth-order valence-electron chi connectivity index (χ4n) is 3.19. The van der Waals surface area contributed by atoms with Crippen LogP contribution in [0.2, 0.25) is 0 Å². The van der Waals surface area contributed by atoms with E-state index in [1.54, 1.807) is 0 Å². The predicted molar refractivity (Wildman–Crippen MR) is 93.9 cm³/mol. The molecule has 0 bridgehead atoms. The summed E-state index contributed by atoms with van der Waals surface area (Å²) >= 11 is 0. The van der Waals surface area contributed by atoms with Crippen LogP contribution in [0, 0.1) is 13.8 Å². The summed E-state index contributed by atoms with van der Waals surface area (Å²) in [6, 6.07) is 0. The third-order valence-electron chi connectivity index (χ3n) is 4.90. The minimum atomic E-state index is -0.799. The minimum Gasteiger partial charge on any atom is -0.390 e. The Balaban J connectivity index is 1.95. The largest absolute Gasteiger partial charge is 0.390 e. The lowest BCUT2D eigenvalue weighted by atomic mass is 10.1. The van der Waals surface area contributed by atoms with Crippen molar-refractivity contribution in [1.82, 2.24) is 15.1 Å². The van der Waals surface area contributed by atoms with Crippen LogP contribution in [0.1, 0.15) is 55.5 Å². The standard InChI is InChI=1S/C18H33N3O3/c1-14-16(15(2)20-19-14)12-21-9-6-4-3-5-7-11-24-13-18(23)17(22)8-10-21/h17-18,22-23H,3-13H2,1-2H3,(H,19,20)/t17-,18+/m0/s1. The molecule has 2 heterocycles. The highest BCUT2D eigenvalue weighted by molar-refractivity contribution is 5.22. The number of hydrogen-bond acceptors (Lipinski definition) is 5. The average Bonchev–Trinajstić information content (AvgIpc) is 2.88. The van der Waals surface area contributed by atoms with E-state index in [-0.39, 0.29) is 6.61 Å². The predicted octanol–water partition coefficient (Wildman–Crippen LogP) is 1.92. The summed E-state index contributed by atoms with van der Waals surface area (Å²) in [7, 11) is 0. The summed E-state index contributed by atoms with van der Waals surface area (Å²) in [5.74, 6) is 0. The number of aliphatic hydroxyl groups excluding tert-OH is 2. The highest BCUT2D eigenvalue weighted by Crippen LogP contribution is 2.15. The lowest BCUT2D eigenvalue weighted by Crippen LogP contribution is -2.35. The molecule has 0 radical (unpaired) electrons. The van der Waals surface area contributed by atoms with Crippen molar-refractivity contribution in [2.75, 3.05) is 26.3 Å². The van der Waals surface area contributed by atoms with Crippen molar-refractivity contribution in [3.05, 3.63) is 17.0 Å². The van der Waals surface area contributed by atoms with Gasteiger partial charge in [0, 0.05) is 31.0 Å². The van der Waals surface area contributed by atoms with Crippen LogP contribution in [0.25, 0.3) is 0 Å². The van der Waals surface area contributed by atoms with Gasteiger partial charge in [-0.2, -0.15) is 5.10 Å². The summed E-state index contributed by atoms with van der Waals surface area (Å²) < 4.78 is 5.47. The number of aliphatic hydroxyl groups is 2. The summed E-state index contributed by atoms with van der Waals surface area (Å²) in [6.45, 7) is 7.60. The van der Waals surface area contributed by atoms with E-state index in [9.17, 15) is 10.2 Å². The molecular formula is C18H33N3O3. The van der Waals surface area contributed by atoms with E-state index in [1.165, 1.54) is 24.8 Å². The highest BCUT2D eigenvalue weighted by Gasteiger charge is 2.19. The molecule has 2 atom stereocenters. The summed E-state index contributed by atoms with van der Waals surface area (Å²) in [4.78, 5) is 2.37. The van der Waals surface area contributed by atoms with E-state index in [2.05, 4.69) is 22.0 Å². The number of H-pyrrole nitrogens is 1. The Morgan fingerprint density at radius 1 is 1.08 bits per heavy atom. The molecule has 0 saturated carbocycles. The van der Waals surface area contributed by atoms with Crippen LogP contribution in [-0.4, -0.2) is 63.8 Å². The molecule has 24 heavy (non-hydrogen) atoms. The van der Waals surface area contributed by atoms with Crippen molar-refractivity contribution in [3.8, 4) is 0 Å². The van der Waals surface area contributed by atoms with Gasteiger partial charge >= 0.3 is 0 Å². The van der Waals surface area contributed by atoms with Crippen molar-refractivity contribution in [2.24, 2.45) is 0 Å². The van der Waals surface area contributed by atoms with E-state index >= 15 is 0 Å². The number of ether oxygens (including phenoxy) is 1. The maximum atomic E-state index is 10.2. The van der Waals surface area contributed by atoms with Gasteiger partial charge in [0.1, 0.15) is 6.10 Å². The smallest absolute Gasteiger partial charge is 0.103 e. The van der Waals surface area contributed by atoms with Gasteiger partial charge < -0.3 is 14.9 Å². The van der Waals surface area contributed by atoms with E-state index < -0.39 is 12.2 Å². The first kappa shape index (κ1) is 19.4. The fourth-order valence-corrected chi connectivity index (χ4v) is 3.19. The second-order valence-electron chi connectivity index (χ2n) is 6.95. The fraction of sp³-hybridized carbons (Fsp3) is 0.833. The maximum Gasteiger partial charge on any atom is 0.103 e. The zero-order valence-electron chi connectivity index (χ0n) is 15.1. The zero-order chi connectivity index (χ0) is 17.4. The van der Waals surface area contributed by atoms with E-state index in [4.69, 9.17) is 4.74 Å². The Labute approximate surface area is 145 Å². The van der Waals surface area contributed by atoms with E-state index in [0.717, 1.165) is 43.9 Å². The molecule has 0 aliphatic carbocycles. The maximum absolute atomic E-state index is 10.2. The molecule has 6 nitrogen and oxygen atoms in total. The molecule has 3 N–H and O–H groups in total. The molecule has 0 aromatic carbocycles. The van der Waals surface area contributed by atoms with Crippen LogP contribution >= 0.6 is 0 Å². The van der Waals surface area contributed by atoms with Gasteiger partial charge in [0.15, 0.2) is 0 Å². The van der Waals surface area contributed by atoms with Crippen LogP contribution in [-0.2, 0) is 11.3 Å². The summed E-state index contributed by atoms with van der Waals surface area (Å²) in [5, 5.41) is 27.5. The van der Waals surface area contributed by atoms with Crippen molar-refractivity contribution in [2.45, 2.75) is 71.1 Å². The third-order valence-corrected chi connectivity index (χ3v) is 4.90. The molecule has 138 valence electrons. The number of aromatic amines is 1. The van der Waals surface area contributed by atoms with Gasteiger partial charge in [-0.05, 0) is 39.7 Å². The van der Waals surface area contributed by atoms with Gasteiger partial charge in [-0.3, -0.25) is 10.00 Å². The number of nitrogens with zero attached hydrogens (tertiary/aromatic N) is 2. The second kappa shape index (κ2) is 10.1. The third kappa shape index (κ3) is 6.16.